The van der Waals surface area contributed by atoms with Crippen molar-refractivity contribution in [1.82, 2.24) is 5.43 Å². The minimum atomic E-state index is -0.284. The van der Waals surface area contributed by atoms with E-state index < -0.39 is 0 Å². The molecule has 1 amide bonds. The first-order valence-corrected chi connectivity index (χ1v) is 8.80. The summed E-state index contributed by atoms with van der Waals surface area (Å²) in [5, 5.41) is 4.55. The maximum Gasteiger partial charge on any atom is 0.253 e. The van der Waals surface area contributed by atoms with E-state index in [2.05, 4.69) is 10.5 Å². The Morgan fingerprint density at radius 1 is 1.30 bits per heavy atom. The zero-order valence-electron chi connectivity index (χ0n) is 13.6. The van der Waals surface area contributed by atoms with Crippen LogP contribution < -0.4 is 5.43 Å². The summed E-state index contributed by atoms with van der Waals surface area (Å²) in [6.45, 7) is 5.91. The number of Topliss-reactive ketones (excluding diaryl/α,β-unsaturated/α-hetero) is 1. The molecular formula is C17H21ClN2O2S. The van der Waals surface area contributed by atoms with Crippen molar-refractivity contribution < 1.29 is 9.59 Å². The molecule has 23 heavy (non-hydrogen) atoms. The molecule has 1 fully saturated rings. The third-order valence-corrected chi connectivity index (χ3v) is 4.94. The lowest BCUT2D eigenvalue weighted by molar-refractivity contribution is -0.121. The molecule has 1 aliphatic rings. The van der Waals surface area contributed by atoms with Gasteiger partial charge in [-0.3, -0.25) is 9.59 Å². The van der Waals surface area contributed by atoms with E-state index in [9.17, 15) is 9.59 Å². The largest absolute Gasteiger partial charge is 0.299 e. The van der Waals surface area contributed by atoms with Crippen LogP contribution in [0.15, 0.2) is 34.3 Å². The van der Waals surface area contributed by atoms with E-state index in [1.54, 1.807) is 12.1 Å². The Hall–Kier alpha value is -1.33. The van der Waals surface area contributed by atoms with Crippen LogP contribution in [0.5, 0.6) is 0 Å². The number of halogens is 1. The molecule has 0 aliphatic heterocycles. The predicted molar refractivity (Wildman–Crippen MR) is 95.0 cm³/mol. The van der Waals surface area contributed by atoms with Gasteiger partial charge < -0.3 is 0 Å². The Bertz CT molecular complexity index is 626. The summed E-state index contributed by atoms with van der Waals surface area (Å²) in [6.07, 6.45) is 1.64. The molecule has 2 rings (SSSR count). The summed E-state index contributed by atoms with van der Waals surface area (Å²) in [6, 6.07) is 7.35. The van der Waals surface area contributed by atoms with Gasteiger partial charge in [0.25, 0.3) is 5.91 Å². The fourth-order valence-corrected chi connectivity index (χ4v) is 3.56. The summed E-state index contributed by atoms with van der Waals surface area (Å²) in [5.74, 6) is 0.00566. The van der Waals surface area contributed by atoms with Crippen molar-refractivity contribution >= 4 is 40.8 Å². The van der Waals surface area contributed by atoms with E-state index in [0.717, 1.165) is 17.0 Å². The number of amides is 1. The van der Waals surface area contributed by atoms with Crippen LogP contribution in [0.25, 0.3) is 0 Å². The van der Waals surface area contributed by atoms with Gasteiger partial charge in [-0.2, -0.15) is 5.10 Å². The molecule has 0 heterocycles. The van der Waals surface area contributed by atoms with Crippen LogP contribution in [0.4, 0.5) is 0 Å². The van der Waals surface area contributed by atoms with Gasteiger partial charge in [0.2, 0.25) is 0 Å². The maximum atomic E-state index is 12.1. The molecule has 1 atom stereocenters. The molecule has 0 bridgehead atoms. The van der Waals surface area contributed by atoms with E-state index in [0.29, 0.717) is 17.9 Å². The Kier molecular flexibility index (Phi) is 5.87. The van der Waals surface area contributed by atoms with Gasteiger partial charge in [-0.15, -0.1) is 11.8 Å². The molecule has 1 aliphatic carbocycles. The zero-order valence-corrected chi connectivity index (χ0v) is 15.1. The highest BCUT2D eigenvalue weighted by molar-refractivity contribution is 8.00. The summed E-state index contributed by atoms with van der Waals surface area (Å²) in [7, 11) is 0. The van der Waals surface area contributed by atoms with E-state index in [1.807, 2.05) is 32.9 Å². The highest BCUT2D eigenvalue weighted by Crippen LogP contribution is 2.31. The summed E-state index contributed by atoms with van der Waals surface area (Å²) < 4.78 is 0. The number of nitrogens with zero attached hydrogens (tertiary/aromatic N) is 1. The van der Waals surface area contributed by atoms with Crippen LogP contribution in [0.2, 0.25) is 5.02 Å². The van der Waals surface area contributed by atoms with Crippen LogP contribution in [-0.4, -0.2) is 22.7 Å². The molecule has 0 saturated heterocycles. The molecule has 124 valence electrons. The molecule has 1 unspecified atom stereocenters. The van der Waals surface area contributed by atoms with Gasteiger partial charge in [-0.25, -0.2) is 5.43 Å². The van der Waals surface area contributed by atoms with Crippen molar-refractivity contribution in [1.29, 1.82) is 0 Å². The van der Waals surface area contributed by atoms with E-state index in [-0.39, 0.29) is 22.4 Å². The van der Waals surface area contributed by atoms with Crippen molar-refractivity contribution in [2.24, 2.45) is 10.5 Å². The average molecular weight is 353 g/mol. The standard InChI is InChI=1S/C17H21ClN2O2S/c1-11(23-15-6-4-12(18)5-7-15)16(22)20-19-13-8-14(21)10-17(2,3)9-13/h4-7,11H,8-10H2,1-3H3,(H,20,22)/b19-13-. The van der Waals surface area contributed by atoms with Crippen molar-refractivity contribution in [2.45, 2.75) is 50.2 Å². The average Bonchev–Trinajstić information content (AvgIpc) is 2.45. The Morgan fingerprint density at radius 2 is 1.96 bits per heavy atom. The molecule has 1 aromatic rings. The second-order valence-electron chi connectivity index (χ2n) is 6.60. The van der Waals surface area contributed by atoms with E-state index in [4.69, 9.17) is 11.6 Å². The molecule has 0 radical (unpaired) electrons. The van der Waals surface area contributed by atoms with Gasteiger partial charge in [0.05, 0.1) is 5.25 Å². The quantitative estimate of drug-likeness (QED) is 0.656. The van der Waals surface area contributed by atoms with E-state index in [1.165, 1.54) is 11.8 Å². The Balaban J connectivity index is 1.91. The number of ketones is 1. The third-order valence-electron chi connectivity index (χ3n) is 3.58. The number of thioether (sulfide) groups is 1. The highest BCUT2D eigenvalue weighted by atomic mass is 35.5. The SMILES string of the molecule is CC(Sc1ccc(Cl)cc1)C(=O)N/N=C1/CC(=O)CC(C)(C)C1. The van der Waals surface area contributed by atoms with Crippen LogP contribution in [-0.2, 0) is 9.59 Å². The van der Waals surface area contributed by atoms with Gasteiger partial charge >= 0.3 is 0 Å². The summed E-state index contributed by atoms with van der Waals surface area (Å²) in [4.78, 5) is 24.8. The first kappa shape index (κ1) is 18.0. The van der Waals surface area contributed by atoms with Crippen LogP contribution in [0, 0.1) is 5.41 Å². The normalized spacial score (nSPS) is 20.3. The van der Waals surface area contributed by atoms with Crippen molar-refractivity contribution in [3.05, 3.63) is 29.3 Å². The fourth-order valence-electron chi connectivity index (χ4n) is 2.58. The predicted octanol–water partition coefficient (Wildman–Crippen LogP) is 4.07. The van der Waals surface area contributed by atoms with Gasteiger partial charge in [-0.1, -0.05) is 25.4 Å². The number of hydrogen-bond acceptors (Lipinski definition) is 4. The Labute approximate surface area is 146 Å². The number of rotatable bonds is 4. The number of hydrogen-bond donors (Lipinski definition) is 1. The topological polar surface area (TPSA) is 58.5 Å². The smallest absolute Gasteiger partial charge is 0.253 e. The molecule has 0 aromatic heterocycles. The lowest BCUT2D eigenvalue weighted by atomic mass is 9.76. The first-order valence-electron chi connectivity index (χ1n) is 7.54. The van der Waals surface area contributed by atoms with Crippen LogP contribution >= 0.6 is 23.4 Å². The second-order valence-corrected chi connectivity index (χ2v) is 8.45. The monoisotopic (exact) mass is 352 g/mol. The van der Waals surface area contributed by atoms with Gasteiger partial charge in [0, 0.05) is 28.5 Å². The number of benzene rings is 1. The molecule has 6 heteroatoms. The lowest BCUT2D eigenvalue weighted by Crippen LogP contribution is -2.33. The maximum absolute atomic E-state index is 12.1. The first-order chi connectivity index (χ1) is 10.7. The zero-order chi connectivity index (χ0) is 17.0. The molecule has 1 saturated carbocycles. The van der Waals surface area contributed by atoms with Crippen molar-refractivity contribution in [2.75, 3.05) is 0 Å². The van der Waals surface area contributed by atoms with Gasteiger partial charge in [0.1, 0.15) is 5.78 Å². The number of carbonyl (C=O) groups is 2. The summed E-state index contributed by atoms with van der Waals surface area (Å²) >= 11 is 7.29. The van der Waals surface area contributed by atoms with Crippen molar-refractivity contribution in [3.63, 3.8) is 0 Å². The number of carbonyl (C=O) groups excluding carboxylic acids is 2. The summed E-state index contributed by atoms with van der Waals surface area (Å²) in [5.41, 5.74) is 3.26. The molecular weight excluding hydrogens is 332 g/mol. The van der Waals surface area contributed by atoms with Gasteiger partial charge in [-0.05, 0) is 43.0 Å². The minimum Gasteiger partial charge on any atom is -0.299 e. The van der Waals surface area contributed by atoms with Crippen LogP contribution in [0.1, 0.15) is 40.0 Å². The van der Waals surface area contributed by atoms with Gasteiger partial charge in [0.15, 0.2) is 0 Å². The molecule has 1 aromatic carbocycles. The molecule has 4 nitrogen and oxygen atoms in total. The minimum absolute atomic E-state index is 0.0808. The van der Waals surface area contributed by atoms with E-state index >= 15 is 0 Å². The van der Waals surface area contributed by atoms with Crippen molar-refractivity contribution in [3.8, 4) is 0 Å². The third kappa shape index (κ3) is 5.66. The number of nitrogens with one attached hydrogen (secondary N) is 1. The number of hydrazone groups is 1. The second kappa shape index (κ2) is 7.49. The van der Waals surface area contributed by atoms with Crippen LogP contribution in [0.3, 0.4) is 0 Å². The fraction of sp³-hybridized carbons (Fsp3) is 0.471. The molecule has 1 N–H and O–H groups in total. The lowest BCUT2D eigenvalue weighted by Gasteiger charge is -2.29. The Morgan fingerprint density at radius 3 is 2.57 bits per heavy atom. The highest BCUT2D eigenvalue weighted by Gasteiger charge is 2.30. The molecule has 0 spiro atoms.